The third-order valence-electron chi connectivity index (χ3n) is 2.63. The molecule has 3 nitrogen and oxygen atoms in total. The maximum absolute atomic E-state index is 4.46. The van der Waals surface area contributed by atoms with E-state index in [1.54, 1.807) is 0 Å². The van der Waals surface area contributed by atoms with Crippen LogP contribution in [0, 0.1) is 6.92 Å². The van der Waals surface area contributed by atoms with Crippen molar-refractivity contribution in [3.63, 3.8) is 0 Å². The molecule has 0 spiro atoms. The lowest BCUT2D eigenvalue weighted by Crippen LogP contribution is -2.00. The number of aromatic amines is 1. The molecular weight excluding hydrogens is 174 g/mol. The van der Waals surface area contributed by atoms with Crippen molar-refractivity contribution in [1.82, 2.24) is 9.97 Å². The van der Waals surface area contributed by atoms with Gasteiger partial charge in [-0.15, -0.1) is 0 Å². The minimum Gasteiger partial charge on any atom is -0.343 e. The van der Waals surface area contributed by atoms with Gasteiger partial charge in [-0.1, -0.05) is 0 Å². The zero-order valence-corrected chi connectivity index (χ0v) is 8.04. The molecule has 2 aromatic heterocycles. The second kappa shape index (κ2) is 2.67. The van der Waals surface area contributed by atoms with E-state index in [9.17, 15) is 0 Å². The van der Waals surface area contributed by atoms with Crippen LogP contribution in [0.4, 0.5) is 0 Å². The van der Waals surface area contributed by atoms with E-state index in [4.69, 9.17) is 0 Å². The van der Waals surface area contributed by atoms with Crippen molar-refractivity contribution in [2.45, 2.75) is 13.3 Å². The van der Waals surface area contributed by atoms with E-state index in [2.05, 4.69) is 21.0 Å². The van der Waals surface area contributed by atoms with Crippen LogP contribution in [0.25, 0.3) is 11.0 Å². The van der Waals surface area contributed by atoms with Crippen LogP contribution < -0.4 is 0 Å². The summed E-state index contributed by atoms with van der Waals surface area (Å²) in [5.41, 5.74) is 4.53. The van der Waals surface area contributed by atoms with Gasteiger partial charge in [0, 0.05) is 41.5 Å². The Morgan fingerprint density at radius 1 is 1.36 bits per heavy atom. The zero-order chi connectivity index (χ0) is 9.54. The Bertz CT molecular complexity index is 523. The van der Waals surface area contributed by atoms with Crippen LogP contribution >= 0.6 is 0 Å². The summed E-state index contributed by atoms with van der Waals surface area (Å²) in [7, 11) is 0. The van der Waals surface area contributed by atoms with Gasteiger partial charge in [0.15, 0.2) is 0 Å². The van der Waals surface area contributed by atoms with E-state index < -0.39 is 0 Å². The maximum atomic E-state index is 4.46. The lowest BCUT2D eigenvalue weighted by atomic mass is 10.1. The first-order valence-electron chi connectivity index (χ1n) is 4.82. The normalized spacial score (nSPS) is 14.6. The van der Waals surface area contributed by atoms with Gasteiger partial charge in [-0.25, -0.2) is 4.98 Å². The van der Waals surface area contributed by atoms with Gasteiger partial charge < -0.3 is 4.98 Å². The smallest absolute Gasteiger partial charge is 0.138 e. The van der Waals surface area contributed by atoms with Gasteiger partial charge >= 0.3 is 0 Å². The Hall–Kier alpha value is -1.64. The van der Waals surface area contributed by atoms with Gasteiger partial charge in [0.1, 0.15) is 5.65 Å². The van der Waals surface area contributed by atoms with Crippen molar-refractivity contribution in [1.29, 1.82) is 0 Å². The molecule has 3 heterocycles. The predicted octanol–water partition coefficient (Wildman–Crippen LogP) is 1.85. The van der Waals surface area contributed by atoms with E-state index in [0.717, 1.165) is 24.3 Å². The third-order valence-corrected chi connectivity index (χ3v) is 2.63. The molecule has 70 valence electrons. The molecule has 0 aliphatic carbocycles. The SMILES string of the molecule is Cc1ccc2c3c([nH]c2n1)CCN=C3. The molecule has 2 aromatic rings. The van der Waals surface area contributed by atoms with Crippen molar-refractivity contribution in [2.24, 2.45) is 4.99 Å². The highest BCUT2D eigenvalue weighted by Gasteiger charge is 2.12. The van der Waals surface area contributed by atoms with Gasteiger partial charge in [-0.3, -0.25) is 4.99 Å². The summed E-state index contributed by atoms with van der Waals surface area (Å²) in [6.07, 6.45) is 2.95. The Morgan fingerprint density at radius 3 is 3.21 bits per heavy atom. The molecular formula is C11H11N3. The van der Waals surface area contributed by atoms with Gasteiger partial charge in [-0.05, 0) is 19.1 Å². The summed E-state index contributed by atoms with van der Waals surface area (Å²) in [5, 5.41) is 1.19. The molecule has 0 amide bonds. The molecule has 0 fully saturated rings. The molecule has 0 atom stereocenters. The van der Waals surface area contributed by atoms with E-state index in [1.807, 2.05) is 19.2 Å². The first kappa shape index (κ1) is 7.74. The fourth-order valence-electron chi connectivity index (χ4n) is 1.92. The second-order valence-electron chi connectivity index (χ2n) is 3.65. The highest BCUT2D eigenvalue weighted by atomic mass is 14.9. The summed E-state index contributed by atoms with van der Waals surface area (Å²) in [5.74, 6) is 0. The Kier molecular flexibility index (Phi) is 1.48. The third kappa shape index (κ3) is 0.985. The summed E-state index contributed by atoms with van der Waals surface area (Å²) in [6.45, 7) is 2.90. The van der Waals surface area contributed by atoms with Gasteiger partial charge in [0.05, 0.1) is 0 Å². The number of aromatic nitrogens is 2. The van der Waals surface area contributed by atoms with Crippen LogP contribution in [-0.4, -0.2) is 22.7 Å². The van der Waals surface area contributed by atoms with Gasteiger partial charge in [0.25, 0.3) is 0 Å². The average molecular weight is 185 g/mol. The number of nitrogens with one attached hydrogen (secondary N) is 1. The van der Waals surface area contributed by atoms with Crippen molar-refractivity contribution in [2.75, 3.05) is 6.54 Å². The predicted molar refractivity (Wildman–Crippen MR) is 57.0 cm³/mol. The molecule has 1 N–H and O–H groups in total. The maximum Gasteiger partial charge on any atom is 0.138 e. The lowest BCUT2D eigenvalue weighted by molar-refractivity contribution is 0.923. The Labute approximate surface area is 81.9 Å². The first-order chi connectivity index (χ1) is 6.84. The number of aryl methyl sites for hydroxylation is 1. The highest BCUT2D eigenvalue weighted by molar-refractivity contribution is 6.00. The number of aliphatic imine (C=N–C) groups is 1. The van der Waals surface area contributed by atoms with Crippen LogP contribution in [0.5, 0.6) is 0 Å². The Balaban J connectivity index is 2.38. The van der Waals surface area contributed by atoms with Crippen LogP contribution in [0.15, 0.2) is 17.1 Å². The van der Waals surface area contributed by atoms with E-state index in [1.165, 1.54) is 16.6 Å². The van der Waals surface area contributed by atoms with Crippen molar-refractivity contribution >= 4 is 17.2 Å². The monoisotopic (exact) mass is 185 g/mol. The topological polar surface area (TPSA) is 41.0 Å². The number of hydrogen-bond donors (Lipinski definition) is 1. The van der Waals surface area contributed by atoms with Crippen molar-refractivity contribution in [3.05, 3.63) is 29.1 Å². The molecule has 1 aliphatic heterocycles. The number of rotatable bonds is 0. The largest absolute Gasteiger partial charge is 0.343 e. The molecule has 0 saturated heterocycles. The quantitative estimate of drug-likeness (QED) is 0.668. The molecule has 0 unspecified atom stereocenters. The highest BCUT2D eigenvalue weighted by Crippen LogP contribution is 2.22. The molecule has 1 aliphatic rings. The number of nitrogens with zero attached hydrogens (tertiary/aromatic N) is 2. The molecule has 0 saturated carbocycles. The van der Waals surface area contributed by atoms with Crippen LogP contribution in [0.2, 0.25) is 0 Å². The molecule has 3 heteroatoms. The molecule has 14 heavy (non-hydrogen) atoms. The second-order valence-corrected chi connectivity index (χ2v) is 3.65. The van der Waals surface area contributed by atoms with Crippen molar-refractivity contribution in [3.8, 4) is 0 Å². The Morgan fingerprint density at radius 2 is 2.29 bits per heavy atom. The zero-order valence-electron chi connectivity index (χ0n) is 8.04. The molecule has 0 radical (unpaired) electrons. The van der Waals surface area contributed by atoms with Crippen LogP contribution in [-0.2, 0) is 6.42 Å². The molecule has 0 aromatic carbocycles. The summed E-state index contributed by atoms with van der Waals surface area (Å²) in [4.78, 5) is 12.1. The number of fused-ring (bicyclic) bond motifs is 3. The number of H-pyrrole nitrogens is 1. The minimum absolute atomic E-state index is 0.888. The van der Waals surface area contributed by atoms with Crippen LogP contribution in [0.1, 0.15) is 17.0 Å². The fourth-order valence-corrected chi connectivity index (χ4v) is 1.92. The average Bonchev–Trinajstić information content (AvgIpc) is 2.54. The minimum atomic E-state index is 0.888. The van der Waals surface area contributed by atoms with Gasteiger partial charge in [-0.2, -0.15) is 0 Å². The van der Waals surface area contributed by atoms with E-state index in [-0.39, 0.29) is 0 Å². The fraction of sp³-hybridized carbons (Fsp3) is 0.273. The summed E-state index contributed by atoms with van der Waals surface area (Å²) >= 11 is 0. The summed E-state index contributed by atoms with van der Waals surface area (Å²) < 4.78 is 0. The summed E-state index contributed by atoms with van der Waals surface area (Å²) in [6, 6.07) is 4.16. The standard InChI is InChI=1S/C11H11N3/c1-7-2-3-8-9-6-12-5-4-10(9)14-11(8)13-7/h2-3,6H,4-5H2,1H3,(H,13,14). The molecule has 0 bridgehead atoms. The lowest BCUT2D eigenvalue weighted by Gasteiger charge is -2.02. The van der Waals surface area contributed by atoms with E-state index in [0.29, 0.717) is 0 Å². The van der Waals surface area contributed by atoms with Crippen LogP contribution in [0.3, 0.4) is 0 Å². The number of pyridine rings is 1. The first-order valence-corrected chi connectivity index (χ1v) is 4.82. The number of hydrogen-bond acceptors (Lipinski definition) is 2. The van der Waals surface area contributed by atoms with E-state index >= 15 is 0 Å². The molecule has 3 rings (SSSR count). The van der Waals surface area contributed by atoms with Gasteiger partial charge in [0.2, 0.25) is 0 Å². The van der Waals surface area contributed by atoms with Crippen molar-refractivity contribution < 1.29 is 0 Å².